The zero-order chi connectivity index (χ0) is 13.4. The number of thiophene rings is 1. The molecule has 2 heterocycles. The highest BCUT2D eigenvalue weighted by molar-refractivity contribution is 7.10. The molecule has 98 valence electrons. The van der Waals surface area contributed by atoms with E-state index in [2.05, 4.69) is 16.3 Å². The van der Waals surface area contributed by atoms with Crippen molar-refractivity contribution in [1.29, 1.82) is 0 Å². The Balaban J connectivity index is 1.99. The van der Waals surface area contributed by atoms with Gasteiger partial charge in [0.15, 0.2) is 0 Å². The molecule has 0 radical (unpaired) electrons. The second kappa shape index (κ2) is 4.59. The molecule has 0 unspecified atom stereocenters. The van der Waals surface area contributed by atoms with Crippen molar-refractivity contribution < 1.29 is 4.79 Å². The molecule has 1 amide bonds. The van der Waals surface area contributed by atoms with Gasteiger partial charge in [-0.1, -0.05) is 0 Å². The summed E-state index contributed by atoms with van der Waals surface area (Å²) in [6, 6.07) is 7.39. The third-order valence-electron chi connectivity index (χ3n) is 3.44. The Kier molecular flexibility index (Phi) is 2.91. The Morgan fingerprint density at radius 3 is 2.95 bits per heavy atom. The number of hydrogen-bond donors (Lipinski definition) is 2. The number of nitrogen functional groups attached to an aromatic ring is 1. The molecule has 4 nitrogen and oxygen atoms in total. The molecule has 0 spiro atoms. The fourth-order valence-corrected chi connectivity index (χ4v) is 3.36. The number of benzene rings is 1. The Hall–Kier alpha value is -2.01. The summed E-state index contributed by atoms with van der Waals surface area (Å²) in [7, 11) is 0. The van der Waals surface area contributed by atoms with Gasteiger partial charge in [0.1, 0.15) is 0 Å². The summed E-state index contributed by atoms with van der Waals surface area (Å²) in [6.45, 7) is 1.69. The van der Waals surface area contributed by atoms with Gasteiger partial charge in [-0.3, -0.25) is 4.79 Å². The van der Waals surface area contributed by atoms with Crippen LogP contribution < -0.4 is 16.4 Å². The zero-order valence-electron chi connectivity index (χ0n) is 10.4. The highest BCUT2D eigenvalue weighted by Gasteiger charge is 2.21. The van der Waals surface area contributed by atoms with E-state index in [1.807, 2.05) is 6.07 Å². The molecule has 1 aromatic carbocycles. The largest absolute Gasteiger partial charge is 0.399 e. The van der Waals surface area contributed by atoms with Crippen LogP contribution >= 0.6 is 11.3 Å². The van der Waals surface area contributed by atoms with E-state index >= 15 is 0 Å². The van der Waals surface area contributed by atoms with Crippen LogP contribution in [0, 0.1) is 0 Å². The zero-order valence-corrected chi connectivity index (χ0v) is 11.2. The monoisotopic (exact) mass is 273 g/mol. The molecule has 3 rings (SSSR count). The molecule has 4 N–H and O–H groups in total. The van der Waals surface area contributed by atoms with Crippen LogP contribution in [0.5, 0.6) is 0 Å². The van der Waals surface area contributed by atoms with Gasteiger partial charge in [0.25, 0.3) is 5.91 Å². The van der Waals surface area contributed by atoms with Crippen molar-refractivity contribution in [3.8, 4) is 0 Å². The molecular formula is C14H15N3OS. The minimum absolute atomic E-state index is 0.411. The van der Waals surface area contributed by atoms with Crippen molar-refractivity contribution in [3.05, 3.63) is 45.6 Å². The second-order valence-corrected chi connectivity index (χ2v) is 5.68. The maximum atomic E-state index is 11.5. The van der Waals surface area contributed by atoms with Crippen LogP contribution in [0.2, 0.25) is 0 Å². The van der Waals surface area contributed by atoms with Crippen molar-refractivity contribution in [2.45, 2.75) is 13.0 Å². The van der Waals surface area contributed by atoms with E-state index in [4.69, 9.17) is 11.5 Å². The van der Waals surface area contributed by atoms with E-state index < -0.39 is 5.91 Å². The van der Waals surface area contributed by atoms with Crippen molar-refractivity contribution in [1.82, 2.24) is 0 Å². The van der Waals surface area contributed by atoms with Crippen molar-refractivity contribution in [2.24, 2.45) is 5.73 Å². The minimum atomic E-state index is -0.411. The average molecular weight is 273 g/mol. The quantitative estimate of drug-likeness (QED) is 0.822. The summed E-state index contributed by atoms with van der Waals surface area (Å²) in [6.07, 6.45) is 1.00. The molecule has 2 aromatic rings. The summed E-state index contributed by atoms with van der Waals surface area (Å²) < 4.78 is 0. The fraction of sp³-hybridized carbons (Fsp3) is 0.214. The first-order valence-electron chi connectivity index (χ1n) is 6.14. The molecule has 1 aromatic heterocycles. The normalized spacial score (nSPS) is 14.2. The maximum absolute atomic E-state index is 11.5. The number of nitrogens with two attached hydrogens (primary N) is 2. The Morgan fingerprint density at radius 2 is 2.16 bits per heavy atom. The van der Waals surface area contributed by atoms with Gasteiger partial charge in [0, 0.05) is 23.7 Å². The van der Waals surface area contributed by atoms with Gasteiger partial charge in [0.05, 0.1) is 11.3 Å². The van der Waals surface area contributed by atoms with Crippen LogP contribution in [0.3, 0.4) is 0 Å². The number of primary amides is 1. The van der Waals surface area contributed by atoms with Gasteiger partial charge < -0.3 is 16.4 Å². The lowest BCUT2D eigenvalue weighted by molar-refractivity contribution is 0.100. The van der Waals surface area contributed by atoms with Gasteiger partial charge in [-0.05, 0) is 41.6 Å². The highest BCUT2D eigenvalue weighted by Crippen LogP contribution is 2.30. The van der Waals surface area contributed by atoms with E-state index in [-0.39, 0.29) is 0 Å². The number of hydrogen-bond acceptors (Lipinski definition) is 4. The number of carbonyl (C=O) groups excluding carboxylic acids is 1. The standard InChI is InChI=1S/C14H15N3OS/c15-10-1-2-11(14(16)18)12(7-10)17-5-3-13-9(8-17)4-6-19-13/h1-2,4,6-7H,3,5,8,15H2,(H2,16,18). The minimum Gasteiger partial charge on any atom is -0.399 e. The van der Waals surface area contributed by atoms with Gasteiger partial charge >= 0.3 is 0 Å². The molecule has 0 saturated carbocycles. The molecule has 0 bridgehead atoms. The Bertz CT molecular complexity index is 635. The van der Waals surface area contributed by atoms with Crippen molar-refractivity contribution in [3.63, 3.8) is 0 Å². The number of fused-ring (bicyclic) bond motifs is 1. The smallest absolute Gasteiger partial charge is 0.250 e. The van der Waals surface area contributed by atoms with Crippen LogP contribution in [0.15, 0.2) is 29.6 Å². The van der Waals surface area contributed by atoms with Crippen molar-refractivity contribution in [2.75, 3.05) is 17.2 Å². The number of nitrogens with zero attached hydrogens (tertiary/aromatic N) is 1. The van der Waals surface area contributed by atoms with Crippen LogP contribution in [0.1, 0.15) is 20.8 Å². The Labute approximate surface area is 115 Å². The third kappa shape index (κ3) is 2.17. The van der Waals surface area contributed by atoms with E-state index in [1.165, 1.54) is 10.4 Å². The molecule has 0 saturated heterocycles. The summed E-state index contributed by atoms with van der Waals surface area (Å²) in [5.74, 6) is -0.411. The predicted molar refractivity (Wildman–Crippen MR) is 78.4 cm³/mol. The molecule has 1 aliphatic heterocycles. The average Bonchev–Trinajstić information content (AvgIpc) is 2.85. The second-order valence-electron chi connectivity index (χ2n) is 4.68. The van der Waals surface area contributed by atoms with E-state index in [1.54, 1.807) is 23.5 Å². The third-order valence-corrected chi connectivity index (χ3v) is 4.46. The fourth-order valence-electron chi connectivity index (χ4n) is 2.47. The van der Waals surface area contributed by atoms with Crippen LogP contribution in [0.25, 0.3) is 0 Å². The molecule has 0 atom stereocenters. The number of anilines is 2. The van der Waals surface area contributed by atoms with Gasteiger partial charge in [-0.15, -0.1) is 11.3 Å². The molecular weight excluding hydrogens is 258 g/mol. The number of rotatable bonds is 2. The van der Waals surface area contributed by atoms with E-state index in [9.17, 15) is 4.79 Å². The summed E-state index contributed by atoms with van der Waals surface area (Å²) >= 11 is 1.79. The number of amides is 1. The van der Waals surface area contributed by atoms with Gasteiger partial charge in [0.2, 0.25) is 0 Å². The van der Waals surface area contributed by atoms with Crippen LogP contribution in [-0.2, 0) is 13.0 Å². The molecule has 0 aliphatic carbocycles. The van der Waals surface area contributed by atoms with Gasteiger partial charge in [-0.2, -0.15) is 0 Å². The van der Waals surface area contributed by atoms with E-state index in [0.29, 0.717) is 11.3 Å². The SMILES string of the molecule is NC(=O)c1ccc(N)cc1N1CCc2sccc2C1. The predicted octanol–water partition coefficient (Wildman–Crippen LogP) is 1.99. The lowest BCUT2D eigenvalue weighted by atomic mass is 10.1. The first-order chi connectivity index (χ1) is 9.15. The number of carbonyl (C=O) groups is 1. The molecule has 1 aliphatic rings. The first kappa shape index (κ1) is 12.0. The van der Waals surface area contributed by atoms with Crippen LogP contribution in [0.4, 0.5) is 11.4 Å². The lowest BCUT2D eigenvalue weighted by Crippen LogP contribution is -2.31. The topological polar surface area (TPSA) is 72.3 Å². The summed E-state index contributed by atoms with van der Waals surface area (Å²) in [4.78, 5) is 15.1. The highest BCUT2D eigenvalue weighted by atomic mass is 32.1. The Morgan fingerprint density at radius 1 is 1.32 bits per heavy atom. The van der Waals surface area contributed by atoms with Crippen molar-refractivity contribution >= 4 is 28.6 Å². The molecule has 0 fully saturated rings. The first-order valence-corrected chi connectivity index (χ1v) is 7.02. The van der Waals surface area contributed by atoms with E-state index in [0.717, 1.165) is 25.2 Å². The van der Waals surface area contributed by atoms with Gasteiger partial charge in [-0.25, -0.2) is 0 Å². The maximum Gasteiger partial charge on any atom is 0.250 e. The summed E-state index contributed by atoms with van der Waals surface area (Å²) in [5.41, 5.74) is 14.6. The van der Waals surface area contributed by atoms with Crippen LogP contribution in [-0.4, -0.2) is 12.5 Å². The molecule has 19 heavy (non-hydrogen) atoms. The molecule has 5 heteroatoms. The lowest BCUT2D eigenvalue weighted by Gasteiger charge is -2.30. The summed E-state index contributed by atoms with van der Waals surface area (Å²) in [5, 5.41) is 2.11.